The summed E-state index contributed by atoms with van der Waals surface area (Å²) in [7, 11) is 0. The zero-order valence-corrected chi connectivity index (χ0v) is 15.5. The third kappa shape index (κ3) is 3.02. The first-order valence-electron chi connectivity index (χ1n) is 8.60. The number of para-hydroxylation sites is 1. The topological polar surface area (TPSA) is 73.0 Å². The standard InChI is InChI=1S/C18H20N6OS/c1-12-15(13(2)23(22-12)14-7-4-3-5-8-14)11-19-24-17(20-21-18(24)26)16-9-6-10-25-16/h3-5,7-8,11,16H,6,9-10H2,1-2H3,(H,21,26)/b19-11-/t16-/m0/s1. The lowest BCUT2D eigenvalue weighted by molar-refractivity contribution is 0.102. The van der Waals surface area contributed by atoms with Gasteiger partial charge in [-0.25, -0.2) is 4.68 Å². The molecule has 1 N–H and O–H groups in total. The summed E-state index contributed by atoms with van der Waals surface area (Å²) >= 11 is 5.33. The summed E-state index contributed by atoms with van der Waals surface area (Å²) in [5, 5.41) is 16.3. The van der Waals surface area contributed by atoms with Crippen LogP contribution in [-0.4, -0.2) is 37.5 Å². The molecule has 8 heteroatoms. The molecule has 26 heavy (non-hydrogen) atoms. The fraction of sp³-hybridized carbons (Fsp3) is 0.333. The van der Waals surface area contributed by atoms with Crippen molar-refractivity contribution in [2.24, 2.45) is 5.10 Å². The normalized spacial score (nSPS) is 17.4. The lowest BCUT2D eigenvalue weighted by Crippen LogP contribution is -2.05. The number of benzene rings is 1. The first-order valence-corrected chi connectivity index (χ1v) is 9.01. The van der Waals surface area contributed by atoms with Gasteiger partial charge in [-0.3, -0.25) is 5.10 Å². The maximum absolute atomic E-state index is 5.71. The maximum atomic E-state index is 5.71. The second-order valence-electron chi connectivity index (χ2n) is 6.28. The molecule has 2 aromatic heterocycles. The van der Waals surface area contributed by atoms with Crippen LogP contribution in [0, 0.1) is 18.6 Å². The predicted molar refractivity (Wildman–Crippen MR) is 101 cm³/mol. The molecule has 3 heterocycles. The summed E-state index contributed by atoms with van der Waals surface area (Å²) in [6.07, 6.45) is 3.69. The van der Waals surface area contributed by atoms with Gasteiger partial charge in [-0.1, -0.05) is 18.2 Å². The van der Waals surface area contributed by atoms with Crippen LogP contribution in [0.15, 0.2) is 35.4 Å². The Morgan fingerprint density at radius 1 is 1.31 bits per heavy atom. The van der Waals surface area contributed by atoms with Crippen molar-refractivity contribution in [2.45, 2.75) is 32.8 Å². The number of hydrogen-bond donors (Lipinski definition) is 1. The molecule has 0 saturated carbocycles. The number of H-pyrrole nitrogens is 1. The Morgan fingerprint density at radius 3 is 2.85 bits per heavy atom. The van der Waals surface area contributed by atoms with Crippen molar-refractivity contribution < 1.29 is 4.74 Å². The van der Waals surface area contributed by atoms with Crippen LogP contribution in [0.4, 0.5) is 0 Å². The first kappa shape index (κ1) is 16.9. The molecule has 3 aromatic rings. The van der Waals surface area contributed by atoms with E-state index in [1.165, 1.54) is 0 Å². The zero-order chi connectivity index (χ0) is 18.1. The van der Waals surface area contributed by atoms with Crippen molar-refractivity contribution in [1.82, 2.24) is 24.7 Å². The van der Waals surface area contributed by atoms with Crippen LogP contribution in [0.2, 0.25) is 0 Å². The lowest BCUT2D eigenvalue weighted by Gasteiger charge is -2.07. The van der Waals surface area contributed by atoms with E-state index in [1.807, 2.05) is 48.9 Å². The third-order valence-corrected chi connectivity index (χ3v) is 4.81. The van der Waals surface area contributed by atoms with Crippen molar-refractivity contribution >= 4 is 18.4 Å². The number of aromatic nitrogens is 5. The molecular weight excluding hydrogens is 348 g/mol. The Balaban J connectivity index is 1.69. The number of aryl methyl sites for hydroxylation is 1. The second-order valence-corrected chi connectivity index (χ2v) is 6.66. The molecule has 0 bridgehead atoms. The van der Waals surface area contributed by atoms with Gasteiger partial charge in [0, 0.05) is 12.2 Å². The number of nitrogens with one attached hydrogen (secondary N) is 1. The van der Waals surface area contributed by atoms with Gasteiger partial charge in [0.1, 0.15) is 6.10 Å². The van der Waals surface area contributed by atoms with E-state index in [2.05, 4.69) is 20.4 Å². The molecule has 0 radical (unpaired) electrons. The molecule has 0 spiro atoms. The summed E-state index contributed by atoms with van der Waals surface area (Å²) in [6.45, 7) is 4.75. The van der Waals surface area contributed by atoms with Crippen molar-refractivity contribution in [3.8, 4) is 5.69 Å². The molecule has 1 aliphatic rings. The van der Waals surface area contributed by atoms with Crippen LogP contribution in [0.3, 0.4) is 0 Å². The van der Waals surface area contributed by atoms with Crippen molar-refractivity contribution in [3.63, 3.8) is 0 Å². The Bertz CT molecular complexity index is 995. The zero-order valence-electron chi connectivity index (χ0n) is 14.7. The molecule has 1 aromatic carbocycles. The van der Waals surface area contributed by atoms with Crippen molar-refractivity contribution in [3.05, 3.63) is 57.9 Å². The van der Waals surface area contributed by atoms with Crippen LogP contribution in [0.25, 0.3) is 5.69 Å². The van der Waals surface area contributed by atoms with Crippen LogP contribution in [0.5, 0.6) is 0 Å². The molecule has 1 saturated heterocycles. The SMILES string of the molecule is Cc1nn(-c2ccccc2)c(C)c1/C=N\n1c([C@@H]2CCCO2)n[nH]c1=S. The highest BCUT2D eigenvalue weighted by atomic mass is 32.1. The number of nitrogens with zero attached hydrogens (tertiary/aromatic N) is 5. The van der Waals surface area contributed by atoms with E-state index in [0.717, 1.165) is 47.9 Å². The lowest BCUT2D eigenvalue weighted by atomic mass is 10.2. The van der Waals surface area contributed by atoms with Crippen LogP contribution in [0.1, 0.15) is 41.7 Å². The molecule has 1 aliphatic heterocycles. The van der Waals surface area contributed by atoms with Crippen molar-refractivity contribution in [2.75, 3.05) is 6.61 Å². The second kappa shape index (κ2) is 6.97. The van der Waals surface area contributed by atoms with Crippen LogP contribution in [-0.2, 0) is 4.74 Å². The Morgan fingerprint density at radius 2 is 2.12 bits per heavy atom. The van der Waals surface area contributed by atoms with Gasteiger partial charge in [-0.05, 0) is 51.0 Å². The summed E-state index contributed by atoms with van der Waals surface area (Å²) < 4.78 is 9.74. The highest BCUT2D eigenvalue weighted by molar-refractivity contribution is 7.71. The van der Waals surface area contributed by atoms with Gasteiger partial charge in [-0.15, -0.1) is 0 Å². The van der Waals surface area contributed by atoms with E-state index in [0.29, 0.717) is 4.77 Å². The molecule has 1 atom stereocenters. The van der Waals surface area contributed by atoms with Gasteiger partial charge < -0.3 is 4.74 Å². The van der Waals surface area contributed by atoms with Crippen LogP contribution >= 0.6 is 12.2 Å². The van der Waals surface area contributed by atoms with E-state index in [4.69, 9.17) is 17.0 Å². The average molecular weight is 368 g/mol. The molecule has 7 nitrogen and oxygen atoms in total. The quantitative estimate of drug-likeness (QED) is 0.565. The molecule has 0 aliphatic carbocycles. The molecule has 0 unspecified atom stereocenters. The molecule has 4 rings (SSSR count). The highest BCUT2D eigenvalue weighted by Gasteiger charge is 2.23. The predicted octanol–water partition coefficient (Wildman–Crippen LogP) is 3.48. The summed E-state index contributed by atoms with van der Waals surface area (Å²) in [5.74, 6) is 0.717. The minimum absolute atomic E-state index is 0.0608. The Hall–Kier alpha value is -2.58. The Kier molecular flexibility index (Phi) is 4.52. The van der Waals surface area contributed by atoms with E-state index in [1.54, 1.807) is 10.9 Å². The largest absolute Gasteiger partial charge is 0.370 e. The van der Waals surface area contributed by atoms with E-state index in [9.17, 15) is 0 Å². The van der Waals surface area contributed by atoms with E-state index >= 15 is 0 Å². The molecular formula is C18H20N6OS. The van der Waals surface area contributed by atoms with Crippen molar-refractivity contribution in [1.29, 1.82) is 0 Å². The summed E-state index contributed by atoms with van der Waals surface area (Å²) in [5.41, 5.74) is 3.91. The fourth-order valence-electron chi connectivity index (χ4n) is 3.18. The van der Waals surface area contributed by atoms with E-state index in [-0.39, 0.29) is 6.10 Å². The maximum Gasteiger partial charge on any atom is 0.216 e. The van der Waals surface area contributed by atoms with Gasteiger partial charge in [0.25, 0.3) is 0 Å². The fourth-order valence-corrected chi connectivity index (χ4v) is 3.37. The minimum atomic E-state index is -0.0608. The molecule has 134 valence electrons. The van der Waals surface area contributed by atoms with Gasteiger partial charge in [-0.2, -0.15) is 20.0 Å². The number of ether oxygens (including phenoxy) is 1. The summed E-state index contributed by atoms with van der Waals surface area (Å²) in [4.78, 5) is 0. The van der Waals surface area contributed by atoms with Gasteiger partial charge in [0.15, 0.2) is 5.82 Å². The number of rotatable bonds is 4. The average Bonchev–Trinajstić information content (AvgIpc) is 3.36. The first-order chi connectivity index (χ1) is 12.6. The van der Waals surface area contributed by atoms with E-state index < -0.39 is 0 Å². The smallest absolute Gasteiger partial charge is 0.216 e. The molecule has 1 fully saturated rings. The van der Waals surface area contributed by atoms with Gasteiger partial charge >= 0.3 is 0 Å². The monoisotopic (exact) mass is 368 g/mol. The summed E-state index contributed by atoms with van der Waals surface area (Å²) in [6, 6.07) is 10.0. The highest BCUT2D eigenvalue weighted by Crippen LogP contribution is 2.27. The van der Waals surface area contributed by atoms with Gasteiger partial charge in [0.05, 0.1) is 23.3 Å². The number of hydrogen-bond acceptors (Lipinski definition) is 5. The number of aromatic amines is 1. The van der Waals surface area contributed by atoms with Gasteiger partial charge in [0.2, 0.25) is 4.77 Å². The third-order valence-electron chi connectivity index (χ3n) is 4.54. The van der Waals surface area contributed by atoms with Crippen LogP contribution < -0.4 is 0 Å². The Labute approximate surface area is 156 Å². The molecule has 0 amide bonds. The minimum Gasteiger partial charge on any atom is -0.370 e.